The summed E-state index contributed by atoms with van der Waals surface area (Å²) in [5.41, 5.74) is -0.714. The second kappa shape index (κ2) is 11.5. The number of hydrogen-bond acceptors (Lipinski definition) is 8. The summed E-state index contributed by atoms with van der Waals surface area (Å²) in [6.45, 7) is -2.83. The van der Waals surface area contributed by atoms with Gasteiger partial charge in [0.15, 0.2) is 0 Å². The molecule has 0 unspecified atom stereocenters. The Bertz CT molecular complexity index is 332. The van der Waals surface area contributed by atoms with Gasteiger partial charge in [-0.15, -0.1) is 0 Å². The van der Waals surface area contributed by atoms with Crippen LogP contribution >= 0.6 is 0 Å². The van der Waals surface area contributed by atoms with Gasteiger partial charge in [0.25, 0.3) is 0 Å². The van der Waals surface area contributed by atoms with E-state index in [4.69, 9.17) is 20.1 Å². The average Bonchev–Trinajstić information content (AvgIpc) is 2.54. The molecule has 0 aromatic carbocycles. The number of ether oxygens (including phenoxy) is 1. The van der Waals surface area contributed by atoms with Crippen LogP contribution in [0.25, 0.3) is 0 Å². The Kier molecular flexibility index (Phi) is 11.0. The van der Waals surface area contributed by atoms with Crippen LogP contribution in [0.15, 0.2) is 11.1 Å². The normalized spacial score (nSPS) is 11.4. The van der Waals surface area contributed by atoms with E-state index in [0.29, 0.717) is 5.57 Å². The van der Waals surface area contributed by atoms with E-state index in [-0.39, 0.29) is 44.7 Å². The largest absolute Gasteiger partial charge is 0.461 e. The molecule has 22 heavy (non-hydrogen) atoms. The minimum atomic E-state index is -1.34. The maximum Gasteiger partial charge on any atom is 0.334 e. The summed E-state index contributed by atoms with van der Waals surface area (Å²) in [6.07, 6.45) is 0.324. The lowest BCUT2D eigenvalue weighted by Gasteiger charge is -2.27. The van der Waals surface area contributed by atoms with Crippen LogP contribution in [0.1, 0.15) is 19.3 Å². The highest BCUT2D eigenvalue weighted by Gasteiger charge is 2.31. The molecule has 0 aromatic rings. The van der Waals surface area contributed by atoms with Gasteiger partial charge in [-0.2, -0.15) is 0 Å². The van der Waals surface area contributed by atoms with Crippen LogP contribution in [0.3, 0.4) is 0 Å². The molecule has 6 N–H and O–H groups in total. The first-order valence-electron chi connectivity index (χ1n) is 7.07. The molecule has 0 aliphatic carbocycles. The molecule has 8 heteroatoms. The van der Waals surface area contributed by atoms with Crippen LogP contribution in [0, 0.1) is 5.41 Å². The first-order chi connectivity index (χ1) is 10.5. The third-order valence-electron chi connectivity index (χ3n) is 3.38. The van der Waals surface area contributed by atoms with Crippen LogP contribution in [-0.2, 0) is 9.53 Å². The number of esters is 1. The Balaban J connectivity index is 5.09. The Hall–Kier alpha value is -1.03. The average molecular weight is 322 g/mol. The van der Waals surface area contributed by atoms with Crippen LogP contribution in [0.4, 0.5) is 0 Å². The summed E-state index contributed by atoms with van der Waals surface area (Å²) in [4.78, 5) is 12.1. The standard InChI is InChI=1S/C14H26O8/c15-4-1-11(2-5-16)12(3-6-17)13(21)22-10-14(7-18,8-19)9-20/h15-20H,1-10H2. The van der Waals surface area contributed by atoms with Crippen molar-refractivity contribution in [3.05, 3.63) is 11.1 Å². The fraction of sp³-hybridized carbons (Fsp3) is 0.786. The molecule has 0 bridgehead atoms. The number of carbonyl (C=O) groups excluding carboxylic acids is 1. The quantitative estimate of drug-likeness (QED) is 0.177. The van der Waals surface area contributed by atoms with Crippen molar-refractivity contribution in [2.24, 2.45) is 5.41 Å². The maximum absolute atomic E-state index is 12.1. The van der Waals surface area contributed by atoms with Gasteiger partial charge < -0.3 is 35.4 Å². The fourth-order valence-corrected chi connectivity index (χ4v) is 1.82. The smallest absolute Gasteiger partial charge is 0.334 e. The van der Waals surface area contributed by atoms with Gasteiger partial charge in [0.1, 0.15) is 6.61 Å². The predicted octanol–water partition coefficient (Wildman–Crippen LogP) is -2.06. The number of aliphatic hydroxyl groups is 6. The SMILES string of the molecule is O=C(OCC(CO)(CO)CO)C(CCO)=C(CCO)CCO. The third kappa shape index (κ3) is 6.39. The van der Waals surface area contributed by atoms with Crippen molar-refractivity contribution in [1.82, 2.24) is 0 Å². The monoisotopic (exact) mass is 322 g/mol. The van der Waals surface area contributed by atoms with Gasteiger partial charge in [0.05, 0.1) is 25.2 Å². The molecule has 0 fully saturated rings. The van der Waals surface area contributed by atoms with Gasteiger partial charge in [-0.1, -0.05) is 5.57 Å². The zero-order valence-electron chi connectivity index (χ0n) is 12.6. The zero-order valence-corrected chi connectivity index (χ0v) is 12.6. The van der Waals surface area contributed by atoms with E-state index in [0.717, 1.165) is 0 Å². The van der Waals surface area contributed by atoms with E-state index < -0.39 is 37.8 Å². The Morgan fingerprint density at radius 1 is 0.773 bits per heavy atom. The molecule has 130 valence electrons. The lowest BCUT2D eigenvalue weighted by atomic mass is 9.92. The van der Waals surface area contributed by atoms with E-state index in [9.17, 15) is 20.1 Å². The molecule has 8 nitrogen and oxygen atoms in total. The number of aliphatic hydroxyl groups excluding tert-OH is 6. The minimum Gasteiger partial charge on any atom is -0.461 e. The Morgan fingerprint density at radius 3 is 1.59 bits per heavy atom. The third-order valence-corrected chi connectivity index (χ3v) is 3.38. The predicted molar refractivity (Wildman–Crippen MR) is 76.8 cm³/mol. The molecule has 0 saturated heterocycles. The minimum absolute atomic E-state index is 0.00145. The highest BCUT2D eigenvalue weighted by molar-refractivity contribution is 5.89. The van der Waals surface area contributed by atoms with Gasteiger partial charge in [-0.05, 0) is 12.8 Å². The summed E-state index contributed by atoms with van der Waals surface area (Å²) >= 11 is 0. The lowest BCUT2D eigenvalue weighted by molar-refractivity contribution is -0.147. The van der Waals surface area contributed by atoms with Crippen LogP contribution in [-0.4, -0.2) is 82.9 Å². The van der Waals surface area contributed by atoms with Gasteiger partial charge >= 0.3 is 5.97 Å². The molecular formula is C14H26O8. The molecule has 0 saturated carbocycles. The maximum atomic E-state index is 12.1. The molecule has 0 aliphatic rings. The Labute approximate surface area is 129 Å². The molecule has 0 spiro atoms. The number of rotatable bonds is 12. The second-order valence-corrected chi connectivity index (χ2v) is 5.05. The van der Waals surface area contributed by atoms with E-state index in [1.807, 2.05) is 0 Å². The van der Waals surface area contributed by atoms with Crippen LogP contribution in [0.5, 0.6) is 0 Å². The van der Waals surface area contributed by atoms with Gasteiger partial charge in [0, 0.05) is 31.8 Å². The molecule has 0 radical (unpaired) electrons. The number of carbonyl (C=O) groups is 1. The van der Waals surface area contributed by atoms with Gasteiger partial charge in [0.2, 0.25) is 0 Å². The number of hydrogen-bond donors (Lipinski definition) is 6. The first kappa shape index (κ1) is 21.0. The van der Waals surface area contributed by atoms with Crippen molar-refractivity contribution in [2.75, 3.05) is 46.2 Å². The van der Waals surface area contributed by atoms with Crippen molar-refractivity contribution >= 4 is 5.97 Å². The van der Waals surface area contributed by atoms with Gasteiger partial charge in [-0.3, -0.25) is 0 Å². The van der Waals surface area contributed by atoms with Crippen molar-refractivity contribution < 1.29 is 40.2 Å². The van der Waals surface area contributed by atoms with E-state index in [1.165, 1.54) is 0 Å². The first-order valence-corrected chi connectivity index (χ1v) is 7.07. The molecule has 0 rings (SSSR count). The summed E-state index contributed by atoms with van der Waals surface area (Å²) < 4.78 is 5.02. The topological polar surface area (TPSA) is 148 Å². The van der Waals surface area contributed by atoms with Crippen molar-refractivity contribution in [3.63, 3.8) is 0 Å². The second-order valence-electron chi connectivity index (χ2n) is 5.05. The van der Waals surface area contributed by atoms with E-state index >= 15 is 0 Å². The summed E-state index contributed by atoms with van der Waals surface area (Å²) in [5.74, 6) is -0.773. The molecule has 0 aliphatic heterocycles. The van der Waals surface area contributed by atoms with Crippen LogP contribution in [0.2, 0.25) is 0 Å². The highest BCUT2D eigenvalue weighted by Crippen LogP contribution is 2.20. The highest BCUT2D eigenvalue weighted by atomic mass is 16.5. The molecule has 0 aromatic heterocycles. The summed E-state index contributed by atoms with van der Waals surface area (Å²) in [6, 6.07) is 0. The summed E-state index contributed by atoms with van der Waals surface area (Å²) in [5, 5.41) is 54.6. The van der Waals surface area contributed by atoms with E-state index in [2.05, 4.69) is 0 Å². The summed E-state index contributed by atoms with van der Waals surface area (Å²) in [7, 11) is 0. The van der Waals surface area contributed by atoms with Gasteiger partial charge in [-0.25, -0.2) is 4.79 Å². The molecular weight excluding hydrogens is 296 g/mol. The molecule has 0 heterocycles. The van der Waals surface area contributed by atoms with Crippen molar-refractivity contribution in [3.8, 4) is 0 Å². The van der Waals surface area contributed by atoms with Crippen LogP contribution < -0.4 is 0 Å². The lowest BCUT2D eigenvalue weighted by Crippen LogP contribution is -2.39. The van der Waals surface area contributed by atoms with E-state index in [1.54, 1.807) is 0 Å². The zero-order chi connectivity index (χ0) is 17.0. The van der Waals surface area contributed by atoms with Crippen molar-refractivity contribution in [2.45, 2.75) is 19.3 Å². The Morgan fingerprint density at radius 2 is 1.23 bits per heavy atom. The fourth-order valence-electron chi connectivity index (χ4n) is 1.82. The molecule has 0 amide bonds. The van der Waals surface area contributed by atoms with Crippen molar-refractivity contribution in [1.29, 1.82) is 0 Å². The molecule has 0 atom stereocenters.